The molecule has 0 radical (unpaired) electrons. The quantitative estimate of drug-likeness (QED) is 0.118. The van der Waals surface area contributed by atoms with E-state index in [9.17, 15) is 24.5 Å². The van der Waals surface area contributed by atoms with Gasteiger partial charge in [-0.25, -0.2) is 4.79 Å². The third-order valence-corrected chi connectivity index (χ3v) is 7.25. The smallest absolute Gasteiger partial charge is 0.329 e. The van der Waals surface area contributed by atoms with Gasteiger partial charge in [-0.2, -0.15) is 0 Å². The van der Waals surface area contributed by atoms with Crippen LogP contribution in [0.1, 0.15) is 34.6 Å². The van der Waals surface area contributed by atoms with Crippen LogP contribution in [-0.2, 0) is 29.3 Å². The largest absolute Gasteiger partial charge is 0.469 e. The van der Waals surface area contributed by atoms with Gasteiger partial charge in [0.2, 0.25) is 5.91 Å². The zero-order chi connectivity index (χ0) is 30.1. The molecule has 0 heterocycles. The van der Waals surface area contributed by atoms with Crippen molar-refractivity contribution in [3.8, 4) is 0 Å². The predicted octanol–water partition coefficient (Wildman–Crippen LogP) is 4.93. The molecule has 0 bridgehead atoms. The molecule has 9 nitrogen and oxygen atoms in total. The number of carbonyl (C=O) groups is 3. The third-order valence-electron chi connectivity index (χ3n) is 7.25. The minimum atomic E-state index is -1.40. The average Bonchev–Trinajstić information content (AvgIpc) is 3.04. The van der Waals surface area contributed by atoms with Crippen molar-refractivity contribution >= 4 is 23.5 Å². The van der Waals surface area contributed by atoms with E-state index in [0.717, 1.165) is 0 Å². The van der Waals surface area contributed by atoms with Crippen LogP contribution in [0, 0.1) is 10.1 Å². The summed E-state index contributed by atoms with van der Waals surface area (Å²) in [6.45, 7) is 0. The topological polar surface area (TPSA) is 125 Å². The normalized spacial score (nSPS) is 12.4. The fourth-order valence-corrected chi connectivity index (χ4v) is 5.19. The molecule has 4 rings (SSSR count). The van der Waals surface area contributed by atoms with Gasteiger partial charge in [-0.05, 0) is 22.3 Å². The summed E-state index contributed by atoms with van der Waals surface area (Å²) in [6.07, 6.45) is -0.302. The van der Waals surface area contributed by atoms with E-state index in [1.807, 2.05) is 91.0 Å². The first-order valence-electron chi connectivity index (χ1n) is 13.2. The maximum absolute atomic E-state index is 14.8. The first-order valence-corrected chi connectivity index (χ1v) is 13.2. The van der Waals surface area contributed by atoms with Crippen molar-refractivity contribution in [3.63, 3.8) is 0 Å². The van der Waals surface area contributed by atoms with Crippen LogP contribution in [-0.4, -0.2) is 43.0 Å². The van der Waals surface area contributed by atoms with E-state index in [0.29, 0.717) is 22.3 Å². The number of non-ortho nitro benzene ring substituents is 1. The van der Waals surface area contributed by atoms with Gasteiger partial charge < -0.3 is 14.8 Å². The van der Waals surface area contributed by atoms with E-state index in [-0.39, 0.29) is 12.1 Å². The highest BCUT2D eigenvalue weighted by atomic mass is 16.6. The Bertz CT molecular complexity index is 1430. The highest BCUT2D eigenvalue weighted by Gasteiger charge is 2.46. The summed E-state index contributed by atoms with van der Waals surface area (Å²) in [6, 6.07) is 31.7. The molecular formula is C33H30N2O7. The second-order valence-corrected chi connectivity index (χ2v) is 9.56. The zero-order valence-corrected chi connectivity index (χ0v) is 23.1. The van der Waals surface area contributed by atoms with Gasteiger partial charge >= 0.3 is 11.9 Å². The maximum atomic E-state index is 14.8. The lowest BCUT2D eigenvalue weighted by molar-refractivity contribution is -0.384. The summed E-state index contributed by atoms with van der Waals surface area (Å²) in [4.78, 5) is 51.4. The van der Waals surface area contributed by atoms with Crippen LogP contribution in [0.4, 0.5) is 5.69 Å². The van der Waals surface area contributed by atoms with Gasteiger partial charge in [-0.3, -0.25) is 19.7 Å². The van der Waals surface area contributed by atoms with Gasteiger partial charge in [-0.15, -0.1) is 0 Å². The second-order valence-electron chi connectivity index (χ2n) is 9.56. The van der Waals surface area contributed by atoms with E-state index >= 15 is 0 Å². The molecule has 0 saturated carbocycles. The van der Waals surface area contributed by atoms with Crippen molar-refractivity contribution in [2.45, 2.75) is 23.8 Å². The van der Waals surface area contributed by atoms with Gasteiger partial charge in [0, 0.05) is 18.1 Å². The number of nitro benzene ring substituents is 1. The number of rotatable bonds is 11. The van der Waals surface area contributed by atoms with Crippen LogP contribution >= 0.6 is 0 Å². The van der Waals surface area contributed by atoms with E-state index in [2.05, 4.69) is 5.32 Å². The van der Waals surface area contributed by atoms with Crippen LogP contribution in [0.3, 0.4) is 0 Å². The van der Waals surface area contributed by atoms with Crippen LogP contribution < -0.4 is 5.32 Å². The lowest BCUT2D eigenvalue weighted by atomic mass is 9.68. The summed E-state index contributed by atoms with van der Waals surface area (Å²) in [7, 11) is 2.40. The Balaban J connectivity index is 1.90. The van der Waals surface area contributed by atoms with Gasteiger partial charge in [-0.1, -0.05) is 103 Å². The zero-order valence-electron chi connectivity index (χ0n) is 23.1. The molecule has 0 aliphatic heterocycles. The number of nitrogens with zero attached hydrogens (tertiary/aromatic N) is 1. The average molecular weight is 567 g/mol. The standard InChI is InChI=1S/C33H30N2O7/c1-41-29(36)22-28(23-18-20-27(21-19-23)35(39)40)30(31(37)42-2)34-32(38)33(24-12-6-3-7-13-24,25-14-8-4-9-15-25)26-16-10-5-11-17-26/h3-21,28,30H,22H2,1-2H3,(H,34,38)/t28-,30+/m1/s1. The maximum Gasteiger partial charge on any atom is 0.329 e. The lowest BCUT2D eigenvalue weighted by Gasteiger charge is -2.36. The molecule has 0 aliphatic rings. The summed E-state index contributed by atoms with van der Waals surface area (Å²) in [5.41, 5.74) is 0.813. The van der Waals surface area contributed by atoms with E-state index in [1.54, 1.807) is 0 Å². The molecule has 0 aliphatic carbocycles. The van der Waals surface area contributed by atoms with Crippen molar-refractivity contribution in [2.24, 2.45) is 0 Å². The second kappa shape index (κ2) is 13.4. The first-order chi connectivity index (χ1) is 20.3. The van der Waals surface area contributed by atoms with Crippen LogP contribution in [0.2, 0.25) is 0 Å². The number of esters is 2. The summed E-state index contributed by atoms with van der Waals surface area (Å²) in [5, 5.41) is 14.2. The first kappa shape index (κ1) is 29.7. The van der Waals surface area contributed by atoms with Gasteiger partial charge in [0.1, 0.15) is 11.5 Å². The van der Waals surface area contributed by atoms with Crippen LogP contribution in [0.25, 0.3) is 0 Å². The number of nitro groups is 1. The Morgan fingerprint density at radius 2 is 1.19 bits per heavy atom. The molecule has 4 aromatic rings. The molecule has 2 atom stereocenters. The fraction of sp³-hybridized carbons (Fsp3) is 0.182. The summed E-state index contributed by atoms with van der Waals surface area (Å²) >= 11 is 0. The Labute approximate surface area is 243 Å². The van der Waals surface area contributed by atoms with Gasteiger partial charge in [0.05, 0.1) is 25.6 Å². The molecule has 0 spiro atoms. The van der Waals surface area contributed by atoms with Crippen molar-refractivity contribution in [3.05, 3.63) is 148 Å². The number of carbonyl (C=O) groups excluding carboxylic acids is 3. The molecule has 42 heavy (non-hydrogen) atoms. The number of hydrogen-bond acceptors (Lipinski definition) is 7. The summed E-state index contributed by atoms with van der Waals surface area (Å²) < 4.78 is 10.0. The number of amides is 1. The molecule has 0 saturated heterocycles. The number of ether oxygens (including phenoxy) is 2. The van der Waals surface area contributed by atoms with E-state index < -0.39 is 40.1 Å². The van der Waals surface area contributed by atoms with Gasteiger partial charge in [0.15, 0.2) is 0 Å². The predicted molar refractivity (Wildman–Crippen MR) is 156 cm³/mol. The van der Waals surface area contributed by atoms with E-state index in [4.69, 9.17) is 9.47 Å². The monoisotopic (exact) mass is 566 g/mol. The molecule has 1 amide bonds. The minimum Gasteiger partial charge on any atom is -0.469 e. The number of nitrogens with one attached hydrogen (secondary N) is 1. The minimum absolute atomic E-state index is 0.162. The third kappa shape index (κ3) is 6.05. The molecule has 214 valence electrons. The molecule has 0 fully saturated rings. The van der Waals surface area contributed by atoms with Crippen LogP contribution in [0.15, 0.2) is 115 Å². The molecule has 4 aromatic carbocycles. The Morgan fingerprint density at radius 1 is 0.738 bits per heavy atom. The van der Waals surface area contributed by atoms with E-state index in [1.165, 1.54) is 38.5 Å². The number of benzene rings is 4. The van der Waals surface area contributed by atoms with Crippen molar-refractivity contribution in [1.29, 1.82) is 0 Å². The molecule has 0 aromatic heterocycles. The number of methoxy groups -OCH3 is 2. The molecule has 0 unspecified atom stereocenters. The highest BCUT2D eigenvalue weighted by molar-refractivity contribution is 5.98. The Morgan fingerprint density at radius 3 is 1.57 bits per heavy atom. The van der Waals surface area contributed by atoms with Crippen LogP contribution in [0.5, 0.6) is 0 Å². The lowest BCUT2D eigenvalue weighted by Crippen LogP contribution is -2.54. The fourth-order valence-electron chi connectivity index (χ4n) is 5.19. The Kier molecular flexibility index (Phi) is 9.44. The molecule has 1 N–H and O–H groups in total. The summed E-state index contributed by atoms with van der Waals surface area (Å²) in [5.74, 6) is -2.92. The van der Waals surface area contributed by atoms with Crippen molar-refractivity contribution < 1.29 is 28.8 Å². The van der Waals surface area contributed by atoms with Crippen molar-refractivity contribution in [1.82, 2.24) is 5.32 Å². The highest BCUT2D eigenvalue weighted by Crippen LogP contribution is 2.40. The van der Waals surface area contributed by atoms with Crippen molar-refractivity contribution in [2.75, 3.05) is 14.2 Å². The molecule has 9 heteroatoms. The number of hydrogen-bond donors (Lipinski definition) is 1. The molecular weight excluding hydrogens is 536 g/mol. The van der Waals surface area contributed by atoms with Gasteiger partial charge in [0.25, 0.3) is 5.69 Å². The SMILES string of the molecule is COC(=O)C[C@H](c1ccc([N+](=O)[O-])cc1)[C@H](NC(=O)C(c1ccccc1)(c1ccccc1)c1ccccc1)C(=O)OC. The Hall–Kier alpha value is -5.31.